The van der Waals surface area contributed by atoms with E-state index in [1.807, 2.05) is 5.32 Å². The summed E-state index contributed by atoms with van der Waals surface area (Å²) in [7, 11) is 0. The molecule has 2 atom stereocenters. The molecule has 0 aromatic carbocycles. The molecular formula is C8H11NO8. The Morgan fingerprint density at radius 2 is 1.06 bits per heavy atom. The lowest BCUT2D eigenvalue weighted by atomic mass is 10.1. The largest absolute Gasteiger partial charge is 0.481 e. The number of carbonyl (C=O) groups is 4. The maximum Gasteiger partial charge on any atom is 0.321 e. The van der Waals surface area contributed by atoms with Crippen LogP contribution in [0.4, 0.5) is 0 Å². The van der Waals surface area contributed by atoms with Crippen LogP contribution in [0.3, 0.4) is 0 Å². The smallest absolute Gasteiger partial charge is 0.321 e. The second-order valence-corrected chi connectivity index (χ2v) is 3.14. The van der Waals surface area contributed by atoms with E-state index in [-0.39, 0.29) is 0 Å². The summed E-state index contributed by atoms with van der Waals surface area (Å²) >= 11 is 0. The summed E-state index contributed by atoms with van der Waals surface area (Å²) in [6.45, 7) is 0. The molecule has 0 bridgehead atoms. The molecule has 0 aliphatic carbocycles. The van der Waals surface area contributed by atoms with Gasteiger partial charge in [-0.25, -0.2) is 0 Å². The van der Waals surface area contributed by atoms with Crippen LogP contribution in [-0.4, -0.2) is 56.4 Å². The summed E-state index contributed by atoms with van der Waals surface area (Å²) in [4.78, 5) is 41.9. The fourth-order valence-corrected chi connectivity index (χ4v) is 1.03. The first kappa shape index (κ1) is 14.8. The molecule has 0 unspecified atom stereocenters. The van der Waals surface area contributed by atoms with Gasteiger partial charge in [-0.3, -0.25) is 24.5 Å². The zero-order valence-corrected chi connectivity index (χ0v) is 8.49. The third-order valence-electron chi connectivity index (χ3n) is 1.76. The molecule has 0 aliphatic heterocycles. The SMILES string of the molecule is O=C(O)C[C@H](N[C@@H](CC(=O)O)C(=O)O)C(=O)O. The van der Waals surface area contributed by atoms with Gasteiger partial charge < -0.3 is 20.4 Å². The van der Waals surface area contributed by atoms with Gasteiger partial charge >= 0.3 is 23.9 Å². The molecule has 5 N–H and O–H groups in total. The number of hydrogen-bond acceptors (Lipinski definition) is 5. The first-order valence-electron chi connectivity index (χ1n) is 4.39. The third kappa shape index (κ3) is 6.10. The first-order chi connectivity index (χ1) is 7.73. The lowest BCUT2D eigenvalue weighted by Crippen LogP contribution is -2.48. The van der Waals surface area contributed by atoms with Gasteiger partial charge in [0.1, 0.15) is 12.1 Å². The molecule has 9 heteroatoms. The maximum atomic E-state index is 10.6. The van der Waals surface area contributed by atoms with Crippen molar-refractivity contribution in [3.05, 3.63) is 0 Å². The highest BCUT2D eigenvalue weighted by molar-refractivity contribution is 5.84. The van der Waals surface area contributed by atoms with Crippen molar-refractivity contribution in [1.82, 2.24) is 5.32 Å². The van der Waals surface area contributed by atoms with E-state index in [4.69, 9.17) is 20.4 Å². The van der Waals surface area contributed by atoms with E-state index in [2.05, 4.69) is 0 Å². The zero-order valence-electron chi connectivity index (χ0n) is 8.49. The van der Waals surface area contributed by atoms with Gasteiger partial charge in [-0.1, -0.05) is 0 Å². The molecule has 96 valence electrons. The van der Waals surface area contributed by atoms with Crippen LogP contribution in [0, 0.1) is 0 Å². The minimum Gasteiger partial charge on any atom is -0.481 e. The summed E-state index contributed by atoms with van der Waals surface area (Å²) in [6, 6.07) is -3.32. The summed E-state index contributed by atoms with van der Waals surface area (Å²) < 4.78 is 0. The number of nitrogens with one attached hydrogen (secondary N) is 1. The highest BCUT2D eigenvalue weighted by Crippen LogP contribution is 2.00. The summed E-state index contributed by atoms with van der Waals surface area (Å²) in [6.07, 6.45) is -1.70. The van der Waals surface area contributed by atoms with Gasteiger partial charge in [-0.15, -0.1) is 0 Å². The number of hydrogen-bond donors (Lipinski definition) is 5. The van der Waals surface area contributed by atoms with Crippen LogP contribution in [-0.2, 0) is 19.2 Å². The van der Waals surface area contributed by atoms with Crippen molar-refractivity contribution in [2.24, 2.45) is 0 Å². The van der Waals surface area contributed by atoms with Gasteiger partial charge in [0.15, 0.2) is 0 Å². The molecule has 0 rings (SSSR count). The second kappa shape index (κ2) is 6.43. The van der Waals surface area contributed by atoms with Crippen LogP contribution in [0.1, 0.15) is 12.8 Å². The fourth-order valence-electron chi connectivity index (χ4n) is 1.03. The molecule has 0 spiro atoms. The molecule has 0 amide bonds. The molecule has 0 saturated heterocycles. The normalized spacial score (nSPS) is 13.6. The Kier molecular flexibility index (Phi) is 5.61. The topological polar surface area (TPSA) is 161 Å². The highest BCUT2D eigenvalue weighted by Gasteiger charge is 2.29. The highest BCUT2D eigenvalue weighted by atomic mass is 16.4. The van der Waals surface area contributed by atoms with Gasteiger partial charge in [0.25, 0.3) is 0 Å². The zero-order chi connectivity index (χ0) is 13.6. The lowest BCUT2D eigenvalue weighted by molar-refractivity contribution is -0.150. The standard InChI is InChI=1S/C8H11NO8/c10-5(11)1-3(7(14)15)9-4(8(16)17)2-6(12)13/h3-4,9H,1-2H2,(H,10,11)(H,12,13)(H,14,15)(H,16,17)/t3-,4-/m0/s1. The van der Waals surface area contributed by atoms with Crippen molar-refractivity contribution < 1.29 is 39.6 Å². The van der Waals surface area contributed by atoms with E-state index in [1.54, 1.807) is 0 Å². The van der Waals surface area contributed by atoms with Crippen molar-refractivity contribution in [2.75, 3.05) is 0 Å². The molecule has 0 fully saturated rings. The molecule has 9 nitrogen and oxygen atoms in total. The van der Waals surface area contributed by atoms with Gasteiger partial charge in [0, 0.05) is 0 Å². The molecular weight excluding hydrogens is 238 g/mol. The number of rotatable bonds is 8. The Balaban J connectivity index is 4.67. The third-order valence-corrected chi connectivity index (χ3v) is 1.76. The monoisotopic (exact) mass is 249 g/mol. The van der Waals surface area contributed by atoms with Crippen LogP contribution in [0.15, 0.2) is 0 Å². The quantitative estimate of drug-likeness (QED) is 0.342. The van der Waals surface area contributed by atoms with E-state index in [0.717, 1.165) is 0 Å². The van der Waals surface area contributed by atoms with Crippen molar-refractivity contribution in [3.8, 4) is 0 Å². The molecule has 17 heavy (non-hydrogen) atoms. The molecule has 0 heterocycles. The van der Waals surface area contributed by atoms with Gasteiger partial charge in [0.05, 0.1) is 12.8 Å². The molecule has 0 aromatic rings. The number of carboxylic acid groups (broad SMARTS) is 4. The predicted molar refractivity (Wildman–Crippen MR) is 50.5 cm³/mol. The van der Waals surface area contributed by atoms with Gasteiger partial charge in [0.2, 0.25) is 0 Å². The van der Waals surface area contributed by atoms with Crippen LogP contribution in [0.5, 0.6) is 0 Å². The predicted octanol–water partition coefficient (Wildman–Crippen LogP) is -1.57. The molecule has 0 saturated carbocycles. The lowest BCUT2D eigenvalue weighted by Gasteiger charge is -2.17. The molecule has 0 aliphatic rings. The van der Waals surface area contributed by atoms with Crippen LogP contribution < -0.4 is 5.32 Å². The number of carboxylic acids is 4. The van der Waals surface area contributed by atoms with Crippen molar-refractivity contribution in [2.45, 2.75) is 24.9 Å². The van der Waals surface area contributed by atoms with Crippen LogP contribution in [0.25, 0.3) is 0 Å². The molecule has 0 aromatic heterocycles. The van der Waals surface area contributed by atoms with E-state index in [9.17, 15) is 19.2 Å². The maximum absolute atomic E-state index is 10.6. The van der Waals surface area contributed by atoms with E-state index >= 15 is 0 Å². The van der Waals surface area contributed by atoms with E-state index < -0.39 is 48.8 Å². The minimum absolute atomic E-state index is 0.848. The van der Waals surface area contributed by atoms with Gasteiger partial charge in [-0.2, -0.15) is 0 Å². The van der Waals surface area contributed by atoms with Crippen molar-refractivity contribution >= 4 is 23.9 Å². The average Bonchev–Trinajstić information content (AvgIpc) is 2.13. The minimum atomic E-state index is -1.66. The first-order valence-corrected chi connectivity index (χ1v) is 4.39. The van der Waals surface area contributed by atoms with E-state index in [1.165, 1.54) is 0 Å². The Hall–Kier alpha value is -2.16. The van der Waals surface area contributed by atoms with E-state index in [0.29, 0.717) is 0 Å². The van der Waals surface area contributed by atoms with Crippen molar-refractivity contribution in [3.63, 3.8) is 0 Å². The summed E-state index contributed by atoms with van der Waals surface area (Å²) in [5, 5.41) is 36.0. The summed E-state index contributed by atoms with van der Waals surface area (Å²) in [5.41, 5.74) is 0. The van der Waals surface area contributed by atoms with Gasteiger partial charge in [-0.05, 0) is 0 Å². The van der Waals surface area contributed by atoms with Crippen LogP contribution in [0.2, 0.25) is 0 Å². The Bertz CT molecular complexity index is 306. The summed E-state index contributed by atoms with van der Waals surface area (Å²) in [5.74, 6) is -6.01. The Morgan fingerprint density at radius 1 is 0.765 bits per heavy atom. The Morgan fingerprint density at radius 3 is 1.24 bits per heavy atom. The molecule has 0 radical (unpaired) electrons. The second-order valence-electron chi connectivity index (χ2n) is 3.14. The number of aliphatic carboxylic acids is 4. The van der Waals surface area contributed by atoms with Crippen LogP contribution >= 0.6 is 0 Å². The van der Waals surface area contributed by atoms with Crippen molar-refractivity contribution in [1.29, 1.82) is 0 Å². The Labute approximate surface area is 94.7 Å². The average molecular weight is 249 g/mol. The fraction of sp³-hybridized carbons (Fsp3) is 0.500.